The van der Waals surface area contributed by atoms with Gasteiger partial charge in [-0.3, -0.25) is 4.79 Å². The van der Waals surface area contributed by atoms with Gasteiger partial charge in [-0.2, -0.15) is 0 Å². The molecule has 9 heteroatoms. The van der Waals surface area contributed by atoms with Crippen LogP contribution in [0.15, 0.2) is 12.1 Å². The molecule has 1 saturated heterocycles. The summed E-state index contributed by atoms with van der Waals surface area (Å²) in [7, 11) is 1.45. The predicted octanol–water partition coefficient (Wildman–Crippen LogP) is 2.11. The van der Waals surface area contributed by atoms with Crippen LogP contribution in [-0.4, -0.2) is 52.8 Å². The number of H-pyrrole nitrogens is 1. The molecule has 1 aromatic carbocycles. The molecule has 29 heavy (non-hydrogen) atoms. The highest BCUT2D eigenvalue weighted by atomic mass is 19.1. The summed E-state index contributed by atoms with van der Waals surface area (Å²) in [6.45, 7) is 5.34. The van der Waals surface area contributed by atoms with Crippen LogP contribution in [0, 0.1) is 18.7 Å². The number of nitrogens with zero attached hydrogens (tertiary/aromatic N) is 4. The number of carbonyl (C=O) groups is 1. The standard InChI is InChI=1S/C20H27FN6O2/c1-12-6-9-27(19-23-25-26-24-19)11-14(10-12)22-18(28)20(7-8-20)15-5-4-13(2)16(21)17(15)29-3/h4-5,12,14H,6-11H2,1-3H3,(H,22,28)(H,23,24,25,26). The van der Waals surface area contributed by atoms with E-state index >= 15 is 0 Å². The van der Waals surface area contributed by atoms with Gasteiger partial charge in [-0.05, 0) is 54.5 Å². The summed E-state index contributed by atoms with van der Waals surface area (Å²) >= 11 is 0. The number of tetrazole rings is 1. The van der Waals surface area contributed by atoms with Crippen LogP contribution in [0.4, 0.5) is 10.3 Å². The van der Waals surface area contributed by atoms with Gasteiger partial charge in [-0.25, -0.2) is 9.49 Å². The van der Waals surface area contributed by atoms with E-state index in [0.29, 0.717) is 42.4 Å². The minimum atomic E-state index is -0.714. The third-order valence-electron chi connectivity index (χ3n) is 6.18. The fourth-order valence-corrected chi connectivity index (χ4v) is 4.29. The van der Waals surface area contributed by atoms with Crippen molar-refractivity contribution in [3.05, 3.63) is 29.1 Å². The smallest absolute Gasteiger partial charge is 0.242 e. The number of halogens is 1. The van der Waals surface area contributed by atoms with Crippen molar-refractivity contribution in [2.24, 2.45) is 5.92 Å². The number of hydrogen-bond acceptors (Lipinski definition) is 6. The summed E-state index contributed by atoms with van der Waals surface area (Å²) in [5, 5.41) is 17.3. The molecule has 0 spiro atoms. The summed E-state index contributed by atoms with van der Waals surface area (Å²) in [6, 6.07) is 3.50. The highest BCUT2D eigenvalue weighted by Crippen LogP contribution is 2.52. The zero-order valence-corrected chi connectivity index (χ0v) is 17.0. The van der Waals surface area contributed by atoms with Crippen LogP contribution in [0.5, 0.6) is 5.75 Å². The van der Waals surface area contributed by atoms with E-state index in [0.717, 1.165) is 19.4 Å². The Bertz CT molecular complexity index is 883. The molecule has 2 aliphatic rings. The van der Waals surface area contributed by atoms with Crippen LogP contribution < -0.4 is 15.0 Å². The van der Waals surface area contributed by atoms with Gasteiger partial charge in [0.2, 0.25) is 11.9 Å². The molecule has 2 N–H and O–H groups in total. The number of aromatic amines is 1. The third-order valence-corrected chi connectivity index (χ3v) is 6.18. The Morgan fingerprint density at radius 1 is 1.41 bits per heavy atom. The first kappa shape index (κ1) is 19.6. The van der Waals surface area contributed by atoms with Crippen LogP contribution in [0.2, 0.25) is 0 Å². The Morgan fingerprint density at radius 3 is 2.86 bits per heavy atom. The molecule has 1 saturated carbocycles. The molecule has 0 radical (unpaired) electrons. The van der Waals surface area contributed by atoms with Crippen LogP contribution in [0.3, 0.4) is 0 Å². The number of benzene rings is 1. The summed E-state index contributed by atoms with van der Waals surface area (Å²) in [5.41, 5.74) is 0.433. The second-order valence-corrected chi connectivity index (χ2v) is 8.33. The minimum absolute atomic E-state index is 0.0381. The molecule has 156 valence electrons. The lowest BCUT2D eigenvalue weighted by Crippen LogP contribution is -2.47. The fraction of sp³-hybridized carbons (Fsp3) is 0.600. The maximum absolute atomic E-state index is 14.6. The molecule has 2 fully saturated rings. The lowest BCUT2D eigenvalue weighted by molar-refractivity contribution is -0.124. The highest BCUT2D eigenvalue weighted by Gasteiger charge is 2.53. The topological polar surface area (TPSA) is 96.0 Å². The largest absolute Gasteiger partial charge is 0.493 e. The number of carbonyl (C=O) groups excluding carboxylic acids is 1. The Kier molecular flexibility index (Phi) is 5.14. The normalized spacial score (nSPS) is 23.4. The Hall–Kier alpha value is -2.71. The van der Waals surface area contributed by atoms with Crippen molar-refractivity contribution in [3.63, 3.8) is 0 Å². The first-order chi connectivity index (χ1) is 13.9. The Morgan fingerprint density at radius 2 is 2.21 bits per heavy atom. The molecule has 1 aliphatic carbocycles. The van der Waals surface area contributed by atoms with Crippen LogP contribution >= 0.6 is 0 Å². The number of aryl methyl sites for hydroxylation is 1. The van der Waals surface area contributed by atoms with Crippen LogP contribution in [-0.2, 0) is 10.2 Å². The number of hydrogen-bond donors (Lipinski definition) is 2. The van der Waals surface area contributed by atoms with Gasteiger partial charge in [0.25, 0.3) is 0 Å². The van der Waals surface area contributed by atoms with Gasteiger partial charge in [-0.1, -0.05) is 24.2 Å². The van der Waals surface area contributed by atoms with Crippen LogP contribution in [0.1, 0.15) is 43.7 Å². The zero-order valence-electron chi connectivity index (χ0n) is 17.0. The van der Waals surface area contributed by atoms with Gasteiger partial charge < -0.3 is 15.0 Å². The summed E-state index contributed by atoms with van der Waals surface area (Å²) < 4.78 is 19.9. The van der Waals surface area contributed by atoms with E-state index in [1.54, 1.807) is 13.0 Å². The lowest BCUT2D eigenvalue weighted by atomic mass is 9.91. The maximum atomic E-state index is 14.6. The molecule has 1 amide bonds. The quantitative estimate of drug-likeness (QED) is 0.795. The second-order valence-electron chi connectivity index (χ2n) is 8.33. The predicted molar refractivity (Wildman–Crippen MR) is 105 cm³/mol. The van der Waals surface area contributed by atoms with Crippen molar-refractivity contribution in [1.82, 2.24) is 25.9 Å². The van der Waals surface area contributed by atoms with Gasteiger partial charge in [0.15, 0.2) is 11.6 Å². The number of methoxy groups -OCH3 is 1. The molecule has 1 aliphatic heterocycles. The maximum Gasteiger partial charge on any atom is 0.242 e. The monoisotopic (exact) mass is 402 g/mol. The van der Waals surface area contributed by atoms with Gasteiger partial charge in [-0.15, -0.1) is 0 Å². The highest BCUT2D eigenvalue weighted by molar-refractivity contribution is 5.92. The van der Waals surface area contributed by atoms with Gasteiger partial charge >= 0.3 is 0 Å². The van der Waals surface area contributed by atoms with E-state index in [4.69, 9.17) is 4.74 Å². The number of aromatic nitrogens is 4. The average Bonchev–Trinajstić information content (AvgIpc) is 3.37. The average molecular weight is 402 g/mol. The number of rotatable bonds is 5. The van der Waals surface area contributed by atoms with Gasteiger partial charge in [0, 0.05) is 24.7 Å². The fourth-order valence-electron chi connectivity index (χ4n) is 4.29. The zero-order chi connectivity index (χ0) is 20.6. The summed E-state index contributed by atoms with van der Waals surface area (Å²) in [4.78, 5) is 15.4. The molecule has 1 aromatic heterocycles. The minimum Gasteiger partial charge on any atom is -0.493 e. The van der Waals surface area contributed by atoms with Crippen molar-refractivity contribution >= 4 is 11.9 Å². The van der Waals surface area contributed by atoms with Crippen molar-refractivity contribution in [3.8, 4) is 5.75 Å². The third kappa shape index (κ3) is 3.65. The van der Waals surface area contributed by atoms with E-state index in [9.17, 15) is 9.18 Å². The number of ether oxygens (including phenoxy) is 1. The molecule has 2 unspecified atom stereocenters. The van der Waals surface area contributed by atoms with Gasteiger partial charge in [0.05, 0.1) is 12.5 Å². The molecule has 4 rings (SSSR count). The van der Waals surface area contributed by atoms with Crippen LogP contribution in [0.25, 0.3) is 0 Å². The Labute approximate surface area is 169 Å². The van der Waals surface area contributed by atoms with E-state index in [-0.39, 0.29) is 17.7 Å². The van der Waals surface area contributed by atoms with Gasteiger partial charge in [0.1, 0.15) is 0 Å². The molecular formula is C20H27FN6O2. The summed E-state index contributed by atoms with van der Waals surface area (Å²) in [5.74, 6) is 0.802. The second kappa shape index (κ2) is 7.61. The van der Waals surface area contributed by atoms with Crippen molar-refractivity contribution in [2.45, 2.75) is 51.0 Å². The molecule has 2 aromatic rings. The Balaban J connectivity index is 1.54. The number of anilines is 1. The molecular weight excluding hydrogens is 375 g/mol. The first-order valence-electron chi connectivity index (χ1n) is 10.1. The van der Waals surface area contributed by atoms with E-state index in [1.807, 2.05) is 6.07 Å². The molecule has 2 heterocycles. The van der Waals surface area contributed by atoms with E-state index in [1.165, 1.54) is 7.11 Å². The van der Waals surface area contributed by atoms with E-state index < -0.39 is 11.2 Å². The number of amides is 1. The van der Waals surface area contributed by atoms with Crippen molar-refractivity contribution < 1.29 is 13.9 Å². The molecule has 0 bridgehead atoms. The van der Waals surface area contributed by atoms with Crippen molar-refractivity contribution in [1.29, 1.82) is 0 Å². The SMILES string of the molecule is COc1c(C2(C(=O)NC3CC(C)CCN(c4nnn[nH]4)C3)CC2)ccc(C)c1F. The summed E-state index contributed by atoms with van der Waals surface area (Å²) in [6.07, 6.45) is 3.25. The van der Waals surface area contributed by atoms with E-state index in [2.05, 4.69) is 37.8 Å². The van der Waals surface area contributed by atoms with Crippen molar-refractivity contribution in [2.75, 3.05) is 25.1 Å². The molecule has 8 nitrogen and oxygen atoms in total. The lowest BCUT2D eigenvalue weighted by Gasteiger charge is -2.27. The first-order valence-corrected chi connectivity index (χ1v) is 10.1. The molecule has 2 atom stereocenters. The number of nitrogens with one attached hydrogen (secondary N) is 2.